The number of carbonyl (C=O) groups excluding carboxylic acids is 2. The van der Waals surface area contributed by atoms with Gasteiger partial charge in [-0.15, -0.1) is 0 Å². The Hall–Kier alpha value is -3.07. The lowest BCUT2D eigenvalue weighted by atomic mass is 10.1. The van der Waals surface area contributed by atoms with Crippen LogP contribution in [-0.4, -0.2) is 21.6 Å². The predicted octanol–water partition coefficient (Wildman–Crippen LogP) is 2.39. The molecule has 1 aromatic heterocycles. The van der Waals surface area contributed by atoms with Crippen LogP contribution in [0.15, 0.2) is 51.7 Å². The van der Waals surface area contributed by atoms with Crippen molar-refractivity contribution in [3.63, 3.8) is 0 Å². The van der Waals surface area contributed by atoms with Crippen molar-refractivity contribution < 1.29 is 14.0 Å². The highest BCUT2D eigenvalue weighted by Crippen LogP contribution is 2.18. The molecular weight excluding hydrogens is 419 g/mol. The van der Waals surface area contributed by atoms with Gasteiger partial charge in [0.15, 0.2) is 5.69 Å². The molecule has 3 aromatic rings. The lowest BCUT2D eigenvalue weighted by Gasteiger charge is -2.11. The average molecular weight is 433 g/mol. The number of amides is 2. The predicted molar refractivity (Wildman–Crippen MR) is 101 cm³/mol. The first-order chi connectivity index (χ1) is 12.9. The average Bonchev–Trinajstić information content (AvgIpc) is 2.66. The van der Waals surface area contributed by atoms with Crippen LogP contribution in [0.25, 0.3) is 10.8 Å². The largest absolute Gasteiger partial charge is 0.290 e. The molecule has 3 rings (SSSR count). The van der Waals surface area contributed by atoms with Crippen LogP contribution in [0.2, 0.25) is 0 Å². The highest BCUT2D eigenvalue weighted by molar-refractivity contribution is 9.10. The number of hydrogen-bond acceptors (Lipinski definition) is 4. The summed E-state index contributed by atoms with van der Waals surface area (Å²) in [6.45, 7) is 2.03. The number of halogens is 2. The standard InChI is InChI=1S/C18H14BrFN4O3/c1-2-24-18(27)12-6-4-3-5-11(12)15(23-24)17(26)22-21-16(25)13-8-7-10(20)9-14(13)19/h3-9H,2H2,1H3,(H,21,25)(H,22,26). The number of benzene rings is 2. The van der Waals surface area contributed by atoms with Gasteiger partial charge in [-0.1, -0.05) is 18.2 Å². The van der Waals surface area contributed by atoms with Gasteiger partial charge in [-0.05, 0) is 47.1 Å². The van der Waals surface area contributed by atoms with Gasteiger partial charge in [0.25, 0.3) is 17.4 Å². The molecule has 0 unspecified atom stereocenters. The van der Waals surface area contributed by atoms with Crippen molar-refractivity contribution >= 4 is 38.5 Å². The molecule has 7 nitrogen and oxygen atoms in total. The molecule has 2 N–H and O–H groups in total. The molecule has 0 aliphatic rings. The molecule has 2 aromatic carbocycles. The second kappa shape index (κ2) is 7.67. The highest BCUT2D eigenvalue weighted by Gasteiger charge is 2.18. The lowest BCUT2D eigenvalue weighted by molar-refractivity contribution is 0.0843. The Morgan fingerprint density at radius 3 is 2.44 bits per heavy atom. The second-order valence-electron chi connectivity index (χ2n) is 5.55. The summed E-state index contributed by atoms with van der Waals surface area (Å²) in [5, 5.41) is 4.81. The van der Waals surface area contributed by atoms with Crippen molar-refractivity contribution in [2.45, 2.75) is 13.5 Å². The Bertz CT molecular complexity index is 1110. The monoisotopic (exact) mass is 432 g/mol. The minimum atomic E-state index is -0.681. The van der Waals surface area contributed by atoms with E-state index in [0.717, 1.165) is 12.1 Å². The van der Waals surface area contributed by atoms with Crippen LogP contribution in [0, 0.1) is 5.82 Å². The van der Waals surface area contributed by atoms with Crippen LogP contribution in [0.1, 0.15) is 27.8 Å². The first-order valence-corrected chi connectivity index (χ1v) is 8.77. The first-order valence-electron chi connectivity index (χ1n) is 7.98. The van der Waals surface area contributed by atoms with E-state index in [1.165, 1.54) is 10.7 Å². The summed E-state index contributed by atoms with van der Waals surface area (Å²) >= 11 is 3.10. The van der Waals surface area contributed by atoms with Crippen molar-refractivity contribution in [2.24, 2.45) is 0 Å². The Morgan fingerprint density at radius 1 is 1.11 bits per heavy atom. The fraction of sp³-hybridized carbons (Fsp3) is 0.111. The molecule has 0 aliphatic heterocycles. The SMILES string of the molecule is CCn1nc(C(=O)NNC(=O)c2ccc(F)cc2Br)c2ccccc2c1=O. The van der Waals surface area contributed by atoms with Crippen LogP contribution in [0.4, 0.5) is 4.39 Å². The lowest BCUT2D eigenvalue weighted by Crippen LogP contribution is -2.43. The number of fused-ring (bicyclic) bond motifs is 1. The Balaban J connectivity index is 1.87. The van der Waals surface area contributed by atoms with E-state index < -0.39 is 17.6 Å². The zero-order valence-corrected chi connectivity index (χ0v) is 15.7. The molecule has 1 heterocycles. The number of aromatic nitrogens is 2. The molecule has 0 spiro atoms. The van der Waals surface area contributed by atoms with E-state index in [0.29, 0.717) is 17.3 Å². The number of hydrogen-bond donors (Lipinski definition) is 2. The number of aryl methyl sites for hydroxylation is 1. The molecule has 138 valence electrons. The molecule has 27 heavy (non-hydrogen) atoms. The second-order valence-corrected chi connectivity index (χ2v) is 6.40. The van der Waals surface area contributed by atoms with E-state index in [1.807, 2.05) is 0 Å². The maximum Gasteiger partial charge on any atom is 0.290 e. The zero-order valence-electron chi connectivity index (χ0n) is 14.1. The molecular formula is C18H14BrFN4O3. The van der Waals surface area contributed by atoms with Gasteiger partial charge in [0.05, 0.1) is 10.9 Å². The summed E-state index contributed by atoms with van der Waals surface area (Å²) in [7, 11) is 0. The quantitative estimate of drug-likeness (QED) is 0.621. The van der Waals surface area contributed by atoms with Crippen molar-refractivity contribution in [3.8, 4) is 0 Å². The highest BCUT2D eigenvalue weighted by atomic mass is 79.9. The summed E-state index contributed by atoms with van der Waals surface area (Å²) in [6, 6.07) is 10.2. The van der Waals surface area contributed by atoms with Gasteiger partial charge in [0.2, 0.25) is 0 Å². The van der Waals surface area contributed by atoms with Crippen molar-refractivity contribution in [1.82, 2.24) is 20.6 Å². The van der Waals surface area contributed by atoms with E-state index in [4.69, 9.17) is 0 Å². The summed E-state index contributed by atoms with van der Waals surface area (Å²) < 4.78 is 14.6. The van der Waals surface area contributed by atoms with E-state index in [2.05, 4.69) is 31.9 Å². The first kappa shape index (κ1) is 18.7. The minimum Gasteiger partial charge on any atom is -0.267 e. The molecule has 0 aliphatic carbocycles. The van der Waals surface area contributed by atoms with Gasteiger partial charge < -0.3 is 0 Å². The molecule has 0 atom stereocenters. The number of hydrazine groups is 1. The third-order valence-corrected chi connectivity index (χ3v) is 4.50. The summed E-state index contributed by atoms with van der Waals surface area (Å²) in [5.74, 6) is -1.82. The van der Waals surface area contributed by atoms with Gasteiger partial charge in [-0.3, -0.25) is 25.2 Å². The van der Waals surface area contributed by atoms with Crippen LogP contribution < -0.4 is 16.4 Å². The third kappa shape index (κ3) is 3.72. The number of nitrogens with one attached hydrogen (secondary N) is 2. The molecule has 2 amide bonds. The van der Waals surface area contributed by atoms with Gasteiger partial charge in [-0.25, -0.2) is 9.07 Å². The molecule has 0 radical (unpaired) electrons. The van der Waals surface area contributed by atoms with Crippen molar-refractivity contribution in [3.05, 3.63) is 74.4 Å². The van der Waals surface area contributed by atoms with Gasteiger partial charge in [0, 0.05) is 16.4 Å². The molecule has 0 saturated heterocycles. The zero-order chi connectivity index (χ0) is 19.6. The van der Waals surface area contributed by atoms with Crippen molar-refractivity contribution in [2.75, 3.05) is 0 Å². The van der Waals surface area contributed by atoms with E-state index >= 15 is 0 Å². The maximum atomic E-state index is 13.1. The van der Waals surface area contributed by atoms with Crippen molar-refractivity contribution in [1.29, 1.82) is 0 Å². The minimum absolute atomic E-state index is 0.00511. The molecule has 0 saturated carbocycles. The summed E-state index contributed by atoms with van der Waals surface area (Å²) in [4.78, 5) is 37.1. The van der Waals surface area contributed by atoms with E-state index in [9.17, 15) is 18.8 Å². The Morgan fingerprint density at radius 2 is 1.78 bits per heavy atom. The van der Waals surface area contributed by atoms with Crippen LogP contribution in [-0.2, 0) is 6.54 Å². The normalized spacial score (nSPS) is 10.6. The molecule has 0 fully saturated rings. The topological polar surface area (TPSA) is 93.1 Å². The van der Waals surface area contributed by atoms with Crippen LogP contribution in [0.3, 0.4) is 0 Å². The van der Waals surface area contributed by atoms with Crippen LogP contribution >= 0.6 is 15.9 Å². The molecule has 0 bridgehead atoms. The maximum absolute atomic E-state index is 13.1. The smallest absolute Gasteiger partial charge is 0.267 e. The summed E-state index contributed by atoms with van der Waals surface area (Å²) in [5.41, 5.74) is 4.38. The number of carbonyl (C=O) groups is 2. The number of rotatable bonds is 3. The van der Waals surface area contributed by atoms with Gasteiger partial charge in [-0.2, -0.15) is 5.10 Å². The third-order valence-electron chi connectivity index (χ3n) is 3.85. The van der Waals surface area contributed by atoms with Gasteiger partial charge >= 0.3 is 0 Å². The Kier molecular flexibility index (Phi) is 5.31. The van der Waals surface area contributed by atoms with E-state index in [1.54, 1.807) is 31.2 Å². The summed E-state index contributed by atoms with van der Waals surface area (Å²) in [6.07, 6.45) is 0. The fourth-order valence-corrected chi connectivity index (χ4v) is 3.06. The van der Waals surface area contributed by atoms with Crippen LogP contribution in [0.5, 0.6) is 0 Å². The Labute approximate surface area is 161 Å². The van der Waals surface area contributed by atoms with Gasteiger partial charge in [0.1, 0.15) is 5.82 Å². The molecule has 9 heteroatoms. The van der Waals surface area contributed by atoms with E-state index in [-0.39, 0.29) is 21.3 Å². The number of nitrogens with zero attached hydrogens (tertiary/aromatic N) is 2. The fourth-order valence-electron chi connectivity index (χ4n) is 2.53.